The van der Waals surface area contributed by atoms with Crippen LogP contribution >= 0.6 is 35.6 Å². The van der Waals surface area contributed by atoms with E-state index in [0.29, 0.717) is 0 Å². The summed E-state index contributed by atoms with van der Waals surface area (Å²) in [4.78, 5) is 27.4. The van der Waals surface area contributed by atoms with Crippen LogP contribution in [0.15, 0.2) is 0 Å². The van der Waals surface area contributed by atoms with E-state index in [1.165, 1.54) is 0 Å². The van der Waals surface area contributed by atoms with Crippen molar-refractivity contribution in [3.63, 3.8) is 0 Å². The normalized spacial score (nSPS) is 5.16. The second-order valence-electron chi connectivity index (χ2n) is 1.73. The van der Waals surface area contributed by atoms with E-state index in [1.54, 1.807) is 0 Å². The third kappa shape index (κ3) is 238. The van der Waals surface area contributed by atoms with E-state index in [2.05, 4.69) is 52.8 Å². The molecule has 0 amide bonds. The summed E-state index contributed by atoms with van der Waals surface area (Å²) in [5.74, 6) is -3.65. The number of halogens is 3. The van der Waals surface area contributed by atoms with Gasteiger partial charge in [-0.25, -0.2) is 35.6 Å². The van der Waals surface area contributed by atoms with Crippen molar-refractivity contribution < 1.29 is 96.1 Å². The van der Waals surface area contributed by atoms with Crippen molar-refractivity contribution in [1.29, 1.82) is 0 Å². The van der Waals surface area contributed by atoms with Crippen molar-refractivity contribution in [2.75, 3.05) is 19.6 Å². The van der Waals surface area contributed by atoms with Crippen molar-refractivity contribution in [2.24, 2.45) is 17.2 Å². The van der Waals surface area contributed by atoms with E-state index < -0.39 is 17.9 Å². The molecule has 0 atom stereocenters. The summed E-state index contributed by atoms with van der Waals surface area (Å²) in [6.45, 7) is -1.17. The Kier molecular flexibility index (Phi) is 210. The Bertz CT molecular complexity index is 198. The van der Waals surface area contributed by atoms with E-state index in [4.69, 9.17) is 43.7 Å². The van der Waals surface area contributed by atoms with Gasteiger partial charge in [-0.05, 0) is 0 Å². The molecule has 0 unspecified atom stereocenters. The number of carbonyl (C=O) groups excluding carboxylic acids is 3. The first-order valence-corrected chi connectivity index (χ1v) is 4.90. The maximum absolute atomic E-state index is 9.13. The van der Waals surface area contributed by atoms with E-state index >= 15 is 0 Å². The molecule has 19 heteroatoms. The summed E-state index contributed by atoms with van der Waals surface area (Å²) in [6, 6.07) is 0. The number of aliphatic carboxylic acids is 3. The molecule has 0 aliphatic heterocycles. The summed E-state index contributed by atoms with van der Waals surface area (Å²) in [6.07, 6.45) is 0. The van der Waals surface area contributed by atoms with E-state index in [0.717, 1.165) is 0 Å². The molecular weight excluding hydrogens is 601 g/mol. The zero-order valence-corrected chi connectivity index (χ0v) is 21.8. The van der Waals surface area contributed by atoms with Gasteiger partial charge in [0.05, 0.1) is 17.9 Å². The van der Waals surface area contributed by atoms with Gasteiger partial charge in [-0.15, -0.1) is 0 Å². The second kappa shape index (κ2) is 83.2. The molecule has 0 heterocycles. The van der Waals surface area contributed by atoms with Gasteiger partial charge in [0.1, 0.15) is 0 Å². The zero-order valence-electron chi connectivity index (χ0n) is 12.3. The summed E-state index contributed by atoms with van der Waals surface area (Å²) in [5.41, 5.74) is 13.5. The average Bonchev–Trinajstić information content (AvgIpc) is 2.54. The molecule has 0 aliphatic carbocycles. The smallest absolute Gasteiger partial charge is 0.769 e. The molecule has 25 heavy (non-hydrogen) atoms. The van der Waals surface area contributed by atoms with Crippen LogP contribution in [0.4, 0.5) is 0 Å². The number of carbonyl (C=O) groups is 3. The Balaban J connectivity index is -0.0000000137. The van der Waals surface area contributed by atoms with Gasteiger partial charge in [0.2, 0.25) is 0 Å². The fourth-order valence-electron chi connectivity index (χ4n) is 0. The van der Waals surface area contributed by atoms with Gasteiger partial charge in [0, 0.05) is 72.0 Å². The van der Waals surface area contributed by atoms with E-state index in [9.17, 15) is 0 Å². The molecule has 140 valence electrons. The molecule has 12 nitrogen and oxygen atoms in total. The van der Waals surface area contributed by atoms with Crippen LogP contribution in [0.2, 0.25) is 0 Å². The molecule has 6 N–H and O–H groups in total. The van der Waals surface area contributed by atoms with Crippen LogP contribution < -0.4 is 46.5 Å². The Morgan fingerprint density at radius 2 is 0.600 bits per heavy atom. The SMILES string of the molecule is NCC(=O)[O-].NCC(=O)[O-].NCC(=O)[O-].[Al+3].[Al+3].[O-]Cl.[O-]Cl.[O-]Cl.[Zr].[Zr]. The molecule has 0 aliphatic rings. The minimum Gasteiger partial charge on any atom is -0.769 e. The molecule has 0 aromatic heterocycles. The van der Waals surface area contributed by atoms with E-state index in [1.807, 2.05) is 0 Å². The standard InChI is InChI=1S/3C2H5NO2.2Al.3ClO.2Zr/c3*3-1-2(4)5;;;3*1-2;;/h3*1,3H2,(H,4,5);;;;;;;/q;;;2*+3;3*-1;;/p-3. The van der Waals surface area contributed by atoms with Crippen molar-refractivity contribution in [3.05, 3.63) is 0 Å². The third-order valence-electron chi connectivity index (χ3n) is 0.500. The Labute approximate surface area is 219 Å². The van der Waals surface area contributed by atoms with Gasteiger partial charge in [0.15, 0.2) is 0 Å². The summed E-state index contributed by atoms with van der Waals surface area (Å²) < 4.78 is 23.2. The first-order chi connectivity index (χ1) is 9.81. The topological polar surface area (TPSA) is 268 Å². The number of hydrogen-bond donors (Lipinski definition) is 3. The van der Waals surface area contributed by atoms with Gasteiger partial charge in [-0.3, -0.25) is 0 Å². The molecule has 0 saturated heterocycles. The predicted octanol–water partition coefficient (Wildman–Crippen LogP) is -9.18. The predicted molar refractivity (Wildman–Crippen MR) is 71.3 cm³/mol. The Morgan fingerprint density at radius 1 is 0.560 bits per heavy atom. The first kappa shape index (κ1) is 63.2. The van der Waals surface area contributed by atoms with Crippen molar-refractivity contribution in [2.45, 2.75) is 0 Å². The minimum absolute atomic E-state index is 0. The Morgan fingerprint density at radius 3 is 0.600 bits per heavy atom. The number of carboxylic acids is 3. The van der Waals surface area contributed by atoms with Crippen LogP contribution in [0.5, 0.6) is 0 Å². The average molecular weight is 613 g/mol. The van der Waals surface area contributed by atoms with Crippen LogP contribution in [0.25, 0.3) is 0 Å². The van der Waals surface area contributed by atoms with Crippen LogP contribution in [0, 0.1) is 0 Å². The number of nitrogens with two attached hydrogens (primary N) is 3. The molecule has 0 radical (unpaired) electrons. The molecule has 0 fully saturated rings. The summed E-state index contributed by atoms with van der Waals surface area (Å²) >= 11 is 10.2. The zero-order chi connectivity index (χ0) is 18.9. The maximum Gasteiger partial charge on any atom is 3.00 e. The van der Waals surface area contributed by atoms with Crippen molar-refractivity contribution in [1.82, 2.24) is 0 Å². The first-order valence-electron chi connectivity index (χ1n) is 3.97. The van der Waals surface area contributed by atoms with Gasteiger partial charge in [-0.1, -0.05) is 0 Å². The van der Waals surface area contributed by atoms with Crippen LogP contribution in [-0.2, 0) is 66.8 Å². The molecular formula is C6H12Al2Cl3N3O9Zr2. The summed E-state index contributed by atoms with van der Waals surface area (Å²) in [7, 11) is 0. The molecule has 0 spiro atoms. The fourth-order valence-corrected chi connectivity index (χ4v) is 0. The maximum atomic E-state index is 9.13. The van der Waals surface area contributed by atoms with Gasteiger partial charge in [0.25, 0.3) is 0 Å². The molecule has 0 aromatic carbocycles. The monoisotopic (exact) mass is 609 g/mol. The second-order valence-corrected chi connectivity index (χ2v) is 1.73. The van der Waals surface area contributed by atoms with Crippen molar-refractivity contribution >= 4 is 88.2 Å². The quantitative estimate of drug-likeness (QED) is 0.251. The van der Waals surface area contributed by atoms with Crippen molar-refractivity contribution in [3.8, 4) is 0 Å². The van der Waals surface area contributed by atoms with Gasteiger partial charge < -0.3 is 60.9 Å². The summed E-state index contributed by atoms with van der Waals surface area (Å²) in [5, 5.41) is 27.4. The van der Waals surface area contributed by atoms with Crippen LogP contribution in [0.1, 0.15) is 0 Å². The number of hydrogen-bond acceptors (Lipinski definition) is 12. The van der Waals surface area contributed by atoms with Gasteiger partial charge in [-0.2, -0.15) is 0 Å². The molecule has 0 rings (SSSR count). The Hall–Kier alpha value is 1.87. The molecule has 0 aromatic rings. The number of carboxylic acid groups (broad SMARTS) is 3. The van der Waals surface area contributed by atoms with E-state index in [-0.39, 0.29) is 107 Å². The van der Waals surface area contributed by atoms with Gasteiger partial charge >= 0.3 is 34.7 Å². The third-order valence-corrected chi connectivity index (χ3v) is 0.500. The van der Waals surface area contributed by atoms with Crippen LogP contribution in [0.3, 0.4) is 0 Å². The molecule has 0 saturated carbocycles. The largest absolute Gasteiger partial charge is 3.00 e. The van der Waals surface area contributed by atoms with Crippen LogP contribution in [-0.4, -0.2) is 72.3 Å². The fraction of sp³-hybridized carbons (Fsp3) is 0.500. The number of rotatable bonds is 3. The minimum atomic E-state index is -1.22. The molecule has 0 bridgehead atoms.